The minimum Gasteiger partial charge on any atom is -0.506 e. The van der Waals surface area contributed by atoms with Gasteiger partial charge in [0.05, 0.1) is 6.54 Å². The summed E-state index contributed by atoms with van der Waals surface area (Å²) in [6.45, 7) is 4.51. The van der Waals surface area contributed by atoms with Crippen LogP contribution >= 0.6 is 0 Å². The minimum atomic E-state index is 0.168. The van der Waals surface area contributed by atoms with Crippen molar-refractivity contribution in [3.63, 3.8) is 0 Å². The molecule has 0 radical (unpaired) electrons. The van der Waals surface area contributed by atoms with Crippen molar-refractivity contribution in [2.75, 3.05) is 13.1 Å². The summed E-state index contributed by atoms with van der Waals surface area (Å²) in [7, 11) is 0. The van der Waals surface area contributed by atoms with Gasteiger partial charge in [-0.2, -0.15) is 0 Å². The van der Waals surface area contributed by atoms with Crippen LogP contribution in [0.3, 0.4) is 0 Å². The second kappa shape index (κ2) is 5.71. The van der Waals surface area contributed by atoms with E-state index in [1.54, 1.807) is 18.3 Å². The Morgan fingerprint density at radius 3 is 2.94 bits per heavy atom. The molecule has 2 heterocycles. The van der Waals surface area contributed by atoms with Gasteiger partial charge in [0.15, 0.2) is 5.96 Å². The van der Waals surface area contributed by atoms with Crippen LogP contribution in [0.1, 0.15) is 25.5 Å². The third-order valence-corrected chi connectivity index (χ3v) is 3.36. The molecule has 18 heavy (non-hydrogen) atoms. The van der Waals surface area contributed by atoms with Crippen molar-refractivity contribution in [3.05, 3.63) is 24.0 Å². The van der Waals surface area contributed by atoms with E-state index >= 15 is 0 Å². The first-order chi connectivity index (χ1) is 8.66. The van der Waals surface area contributed by atoms with E-state index in [9.17, 15) is 5.11 Å². The number of nitrogens with two attached hydrogens (primary N) is 1. The number of hydrogen-bond acceptors (Lipinski definition) is 3. The molecule has 1 fully saturated rings. The zero-order chi connectivity index (χ0) is 13.0. The van der Waals surface area contributed by atoms with Gasteiger partial charge < -0.3 is 15.7 Å². The number of likely N-dealkylation sites (tertiary alicyclic amines) is 1. The second-order valence-electron chi connectivity index (χ2n) is 4.81. The van der Waals surface area contributed by atoms with Gasteiger partial charge in [-0.25, -0.2) is 4.99 Å². The number of piperidine rings is 1. The van der Waals surface area contributed by atoms with E-state index in [2.05, 4.69) is 21.8 Å². The fraction of sp³-hybridized carbons (Fsp3) is 0.538. The number of nitrogens with zero attached hydrogens (tertiary/aromatic N) is 3. The molecule has 0 saturated carbocycles. The predicted octanol–water partition coefficient (Wildman–Crippen LogP) is 1.33. The lowest BCUT2D eigenvalue weighted by atomic mass is 10.00. The Labute approximate surface area is 107 Å². The molecular weight excluding hydrogens is 228 g/mol. The number of aromatic hydroxyl groups is 1. The van der Waals surface area contributed by atoms with Crippen molar-refractivity contribution in [2.45, 2.75) is 26.3 Å². The first kappa shape index (κ1) is 12.7. The largest absolute Gasteiger partial charge is 0.506 e. The maximum atomic E-state index is 9.58. The van der Waals surface area contributed by atoms with Crippen LogP contribution in [-0.2, 0) is 6.54 Å². The molecule has 1 aromatic rings. The van der Waals surface area contributed by atoms with Crippen molar-refractivity contribution in [3.8, 4) is 5.75 Å². The number of aliphatic imine (C=N–C) groups is 1. The molecule has 5 nitrogen and oxygen atoms in total. The van der Waals surface area contributed by atoms with Gasteiger partial charge in [-0.3, -0.25) is 4.98 Å². The van der Waals surface area contributed by atoms with Crippen LogP contribution in [0.2, 0.25) is 0 Å². The average molecular weight is 248 g/mol. The van der Waals surface area contributed by atoms with E-state index < -0.39 is 0 Å². The summed E-state index contributed by atoms with van der Waals surface area (Å²) in [6, 6.07) is 3.30. The maximum absolute atomic E-state index is 9.58. The van der Waals surface area contributed by atoms with E-state index in [0.717, 1.165) is 31.8 Å². The highest BCUT2D eigenvalue weighted by Crippen LogP contribution is 2.16. The highest BCUT2D eigenvalue weighted by atomic mass is 16.3. The smallest absolute Gasteiger partial charge is 0.191 e. The standard InChI is InChI=1S/C13H20N4O/c1-10-4-7-17(8-5-10)13(14)16-9-11-12(18)3-2-6-15-11/h2-3,6,10,18H,4-5,7-9H2,1H3,(H2,14,16). The Kier molecular flexibility index (Phi) is 4.02. The Hall–Kier alpha value is -1.78. The molecule has 0 spiro atoms. The molecule has 5 heteroatoms. The molecule has 0 atom stereocenters. The van der Waals surface area contributed by atoms with Crippen molar-refractivity contribution in [2.24, 2.45) is 16.6 Å². The number of hydrogen-bond donors (Lipinski definition) is 2. The molecule has 0 aliphatic carbocycles. The molecule has 0 bridgehead atoms. The quantitative estimate of drug-likeness (QED) is 0.611. The molecule has 1 aliphatic rings. The van der Waals surface area contributed by atoms with Crippen LogP contribution in [0.15, 0.2) is 23.3 Å². The molecule has 1 aliphatic heterocycles. The lowest BCUT2D eigenvalue weighted by Gasteiger charge is -2.30. The van der Waals surface area contributed by atoms with Crippen LogP contribution in [0.25, 0.3) is 0 Å². The van der Waals surface area contributed by atoms with Crippen molar-refractivity contribution < 1.29 is 5.11 Å². The predicted molar refractivity (Wildman–Crippen MR) is 71.2 cm³/mol. The first-order valence-corrected chi connectivity index (χ1v) is 6.34. The second-order valence-corrected chi connectivity index (χ2v) is 4.81. The van der Waals surface area contributed by atoms with Crippen LogP contribution in [0.4, 0.5) is 0 Å². The summed E-state index contributed by atoms with van der Waals surface area (Å²) in [4.78, 5) is 10.5. The van der Waals surface area contributed by atoms with Crippen LogP contribution < -0.4 is 5.73 Å². The summed E-state index contributed by atoms with van der Waals surface area (Å²) in [5.41, 5.74) is 6.52. The van der Waals surface area contributed by atoms with Gasteiger partial charge in [-0.15, -0.1) is 0 Å². The van der Waals surface area contributed by atoms with Gasteiger partial charge in [-0.1, -0.05) is 6.92 Å². The van der Waals surface area contributed by atoms with Gasteiger partial charge in [0.2, 0.25) is 0 Å². The Balaban J connectivity index is 1.95. The molecule has 98 valence electrons. The lowest BCUT2D eigenvalue weighted by molar-refractivity contribution is 0.277. The van der Waals surface area contributed by atoms with E-state index in [0.29, 0.717) is 18.2 Å². The summed E-state index contributed by atoms with van der Waals surface area (Å²) in [5.74, 6) is 1.49. The summed E-state index contributed by atoms with van der Waals surface area (Å²) >= 11 is 0. The summed E-state index contributed by atoms with van der Waals surface area (Å²) < 4.78 is 0. The highest BCUT2D eigenvalue weighted by molar-refractivity contribution is 5.78. The topological polar surface area (TPSA) is 74.7 Å². The fourth-order valence-corrected chi connectivity index (χ4v) is 2.04. The minimum absolute atomic E-state index is 0.168. The summed E-state index contributed by atoms with van der Waals surface area (Å²) in [5, 5.41) is 9.58. The average Bonchev–Trinajstić information content (AvgIpc) is 2.38. The Morgan fingerprint density at radius 2 is 2.28 bits per heavy atom. The third-order valence-electron chi connectivity index (χ3n) is 3.36. The summed E-state index contributed by atoms with van der Waals surface area (Å²) in [6.07, 6.45) is 3.96. The maximum Gasteiger partial charge on any atom is 0.191 e. The molecule has 1 aromatic heterocycles. The van der Waals surface area contributed by atoms with E-state index in [1.165, 1.54) is 0 Å². The van der Waals surface area contributed by atoms with E-state index in [4.69, 9.17) is 5.73 Å². The van der Waals surface area contributed by atoms with Crippen molar-refractivity contribution in [1.82, 2.24) is 9.88 Å². The molecule has 2 rings (SSSR count). The zero-order valence-corrected chi connectivity index (χ0v) is 10.7. The van der Waals surface area contributed by atoms with Crippen molar-refractivity contribution >= 4 is 5.96 Å². The van der Waals surface area contributed by atoms with Gasteiger partial charge in [0.25, 0.3) is 0 Å². The number of aromatic nitrogens is 1. The molecule has 1 saturated heterocycles. The van der Waals surface area contributed by atoms with Crippen LogP contribution in [0.5, 0.6) is 5.75 Å². The first-order valence-electron chi connectivity index (χ1n) is 6.34. The Morgan fingerprint density at radius 1 is 1.56 bits per heavy atom. The molecule has 0 unspecified atom stereocenters. The lowest BCUT2D eigenvalue weighted by Crippen LogP contribution is -2.42. The van der Waals surface area contributed by atoms with Gasteiger partial charge in [0, 0.05) is 19.3 Å². The number of pyridine rings is 1. The van der Waals surface area contributed by atoms with Crippen molar-refractivity contribution in [1.29, 1.82) is 0 Å². The monoisotopic (exact) mass is 248 g/mol. The Bertz CT molecular complexity index is 425. The molecular formula is C13H20N4O. The zero-order valence-electron chi connectivity index (χ0n) is 10.7. The molecule has 0 aromatic carbocycles. The normalized spacial score (nSPS) is 18.1. The van der Waals surface area contributed by atoms with Gasteiger partial charge in [-0.05, 0) is 30.9 Å². The molecule has 0 amide bonds. The van der Waals surface area contributed by atoms with E-state index in [1.807, 2.05) is 0 Å². The highest BCUT2D eigenvalue weighted by Gasteiger charge is 2.16. The fourth-order valence-electron chi connectivity index (χ4n) is 2.04. The van der Waals surface area contributed by atoms with Crippen LogP contribution in [-0.4, -0.2) is 34.0 Å². The van der Waals surface area contributed by atoms with Crippen LogP contribution in [0, 0.1) is 5.92 Å². The SMILES string of the molecule is CC1CCN(C(N)=NCc2ncccc2O)CC1. The third kappa shape index (κ3) is 3.12. The number of rotatable bonds is 2. The van der Waals surface area contributed by atoms with Gasteiger partial charge in [0.1, 0.15) is 11.4 Å². The van der Waals surface area contributed by atoms with E-state index in [-0.39, 0.29) is 5.75 Å². The number of guanidine groups is 1. The molecule has 3 N–H and O–H groups in total. The van der Waals surface area contributed by atoms with Gasteiger partial charge >= 0.3 is 0 Å².